The maximum Gasteiger partial charge on any atom is 0.323 e. The lowest BCUT2D eigenvalue weighted by atomic mass is 9.90. The molecule has 4 nitrogen and oxygen atoms in total. The summed E-state index contributed by atoms with van der Waals surface area (Å²) >= 11 is 0. The Balaban J connectivity index is 2.55. The maximum absolute atomic E-state index is 13.5. The number of halogens is 1. The van der Waals surface area contributed by atoms with Crippen LogP contribution in [0.15, 0.2) is 18.2 Å². The van der Waals surface area contributed by atoms with Gasteiger partial charge in [-0.15, -0.1) is 0 Å². The summed E-state index contributed by atoms with van der Waals surface area (Å²) in [6.07, 6.45) is 1.48. The fraction of sp³-hybridized carbons (Fsp3) is 0.562. The van der Waals surface area contributed by atoms with Crippen molar-refractivity contribution in [2.75, 3.05) is 13.2 Å². The summed E-state index contributed by atoms with van der Waals surface area (Å²) < 4.78 is 18.9. The minimum Gasteiger partial charge on any atom is -0.491 e. The zero-order chi connectivity index (χ0) is 15.9. The molecule has 1 rings (SSSR count). The lowest BCUT2D eigenvalue weighted by Crippen LogP contribution is -2.51. The quantitative estimate of drug-likeness (QED) is 0.688. The lowest BCUT2D eigenvalue weighted by Gasteiger charge is -2.29. The Morgan fingerprint density at radius 3 is 2.71 bits per heavy atom. The number of carbonyl (C=O) groups is 1. The second-order valence-corrected chi connectivity index (χ2v) is 5.16. The first-order valence-electron chi connectivity index (χ1n) is 7.32. The van der Waals surface area contributed by atoms with Crippen molar-refractivity contribution < 1.29 is 19.0 Å². The summed E-state index contributed by atoms with van der Waals surface area (Å²) in [5.41, 5.74) is -0.00372. The third kappa shape index (κ3) is 4.70. The van der Waals surface area contributed by atoms with E-state index in [0.717, 1.165) is 5.56 Å². The van der Waals surface area contributed by atoms with Crippen LogP contribution in [-0.4, -0.2) is 29.8 Å². The Labute approximate surface area is 125 Å². The molecule has 1 aromatic carbocycles. The van der Waals surface area contributed by atoms with E-state index in [1.54, 1.807) is 12.1 Å². The number of hydrogen-bond acceptors (Lipinski definition) is 3. The van der Waals surface area contributed by atoms with Gasteiger partial charge in [0.1, 0.15) is 5.54 Å². The molecule has 1 atom stereocenters. The SMILES string of the molecule is CCNC(CC)(CCCOc1cc(C)ccc1F)C(=O)O. The van der Waals surface area contributed by atoms with Gasteiger partial charge in [0.25, 0.3) is 0 Å². The van der Waals surface area contributed by atoms with Crippen LogP contribution in [0, 0.1) is 12.7 Å². The molecule has 0 amide bonds. The van der Waals surface area contributed by atoms with Crippen LogP contribution >= 0.6 is 0 Å². The Morgan fingerprint density at radius 2 is 2.14 bits per heavy atom. The van der Waals surface area contributed by atoms with Crippen LogP contribution in [0.25, 0.3) is 0 Å². The molecule has 1 unspecified atom stereocenters. The summed E-state index contributed by atoms with van der Waals surface area (Å²) in [4.78, 5) is 11.4. The fourth-order valence-corrected chi connectivity index (χ4v) is 2.34. The Morgan fingerprint density at radius 1 is 1.43 bits per heavy atom. The first kappa shape index (κ1) is 17.4. The summed E-state index contributed by atoms with van der Waals surface area (Å²) in [5, 5.41) is 12.4. The van der Waals surface area contributed by atoms with Crippen molar-refractivity contribution in [2.45, 2.75) is 45.6 Å². The molecule has 0 saturated carbocycles. The minimum atomic E-state index is -0.927. The number of benzene rings is 1. The summed E-state index contributed by atoms with van der Waals surface area (Å²) in [7, 11) is 0. The molecular formula is C16H24FNO3. The number of likely N-dealkylation sites (N-methyl/N-ethyl adjacent to an activating group) is 1. The molecule has 0 saturated heterocycles. The first-order chi connectivity index (χ1) is 9.95. The number of rotatable bonds is 9. The molecule has 0 heterocycles. The second kappa shape index (κ2) is 7.98. The van der Waals surface area contributed by atoms with Gasteiger partial charge >= 0.3 is 5.97 Å². The number of aryl methyl sites for hydroxylation is 1. The molecule has 5 heteroatoms. The van der Waals surface area contributed by atoms with Crippen molar-refractivity contribution >= 4 is 5.97 Å². The van der Waals surface area contributed by atoms with E-state index < -0.39 is 17.3 Å². The van der Waals surface area contributed by atoms with Gasteiger partial charge in [0, 0.05) is 0 Å². The molecule has 0 aliphatic heterocycles. The molecule has 0 aromatic heterocycles. The Bertz CT molecular complexity index is 479. The standard InChI is InChI=1S/C16H24FNO3/c1-4-16(15(19)20,18-5-2)9-6-10-21-14-11-12(3)7-8-13(14)17/h7-8,11,18H,4-6,9-10H2,1-3H3,(H,19,20). The van der Waals surface area contributed by atoms with E-state index in [2.05, 4.69) is 5.32 Å². The van der Waals surface area contributed by atoms with E-state index in [9.17, 15) is 14.3 Å². The van der Waals surface area contributed by atoms with Crippen molar-refractivity contribution in [3.63, 3.8) is 0 Å². The van der Waals surface area contributed by atoms with Gasteiger partial charge < -0.3 is 15.2 Å². The Kier molecular flexibility index (Phi) is 6.62. The monoisotopic (exact) mass is 297 g/mol. The van der Waals surface area contributed by atoms with Crippen molar-refractivity contribution in [2.24, 2.45) is 0 Å². The van der Waals surface area contributed by atoms with E-state index in [4.69, 9.17) is 4.74 Å². The molecule has 0 radical (unpaired) electrons. The highest BCUT2D eigenvalue weighted by molar-refractivity contribution is 5.78. The third-order valence-corrected chi connectivity index (χ3v) is 3.62. The smallest absolute Gasteiger partial charge is 0.323 e. The molecule has 0 fully saturated rings. The zero-order valence-corrected chi connectivity index (χ0v) is 12.9. The first-order valence-corrected chi connectivity index (χ1v) is 7.32. The van der Waals surface area contributed by atoms with Crippen LogP contribution < -0.4 is 10.1 Å². The van der Waals surface area contributed by atoms with Crippen molar-refractivity contribution in [3.8, 4) is 5.75 Å². The zero-order valence-electron chi connectivity index (χ0n) is 12.9. The third-order valence-electron chi connectivity index (χ3n) is 3.62. The van der Waals surface area contributed by atoms with Gasteiger partial charge in [-0.3, -0.25) is 4.79 Å². The van der Waals surface area contributed by atoms with Crippen LogP contribution in [0.1, 0.15) is 38.7 Å². The average molecular weight is 297 g/mol. The largest absolute Gasteiger partial charge is 0.491 e. The van der Waals surface area contributed by atoms with Crippen LogP contribution in [0.4, 0.5) is 4.39 Å². The molecule has 1 aromatic rings. The van der Waals surface area contributed by atoms with Gasteiger partial charge in [0.2, 0.25) is 0 Å². The minimum absolute atomic E-state index is 0.218. The van der Waals surface area contributed by atoms with Gasteiger partial charge in [-0.05, 0) is 50.4 Å². The molecule has 0 aliphatic rings. The molecule has 0 spiro atoms. The number of aliphatic carboxylic acids is 1. The molecule has 21 heavy (non-hydrogen) atoms. The highest BCUT2D eigenvalue weighted by atomic mass is 19.1. The predicted octanol–water partition coefficient (Wildman–Crippen LogP) is 3.14. The molecule has 0 bridgehead atoms. The predicted molar refractivity (Wildman–Crippen MR) is 80.2 cm³/mol. The van der Waals surface area contributed by atoms with Crippen LogP contribution in [0.2, 0.25) is 0 Å². The van der Waals surface area contributed by atoms with Crippen LogP contribution in [0.5, 0.6) is 5.75 Å². The second-order valence-electron chi connectivity index (χ2n) is 5.16. The van der Waals surface area contributed by atoms with Gasteiger partial charge in [-0.1, -0.05) is 19.9 Å². The highest BCUT2D eigenvalue weighted by Crippen LogP contribution is 2.21. The van der Waals surface area contributed by atoms with Crippen molar-refractivity contribution in [3.05, 3.63) is 29.6 Å². The normalized spacial score (nSPS) is 13.7. The van der Waals surface area contributed by atoms with Gasteiger partial charge in [0.05, 0.1) is 6.61 Å². The average Bonchev–Trinajstić information content (AvgIpc) is 2.45. The van der Waals surface area contributed by atoms with E-state index in [1.807, 2.05) is 20.8 Å². The number of carboxylic acid groups (broad SMARTS) is 1. The number of nitrogens with one attached hydrogen (secondary N) is 1. The van der Waals surface area contributed by atoms with E-state index in [0.29, 0.717) is 32.4 Å². The summed E-state index contributed by atoms with van der Waals surface area (Å²) in [6.45, 7) is 6.47. The highest BCUT2D eigenvalue weighted by Gasteiger charge is 2.34. The Hall–Kier alpha value is -1.62. The number of carboxylic acids is 1. The molecule has 0 aliphatic carbocycles. The van der Waals surface area contributed by atoms with Crippen LogP contribution in [-0.2, 0) is 4.79 Å². The summed E-state index contributed by atoms with van der Waals surface area (Å²) in [5.74, 6) is -1.03. The topological polar surface area (TPSA) is 58.6 Å². The van der Waals surface area contributed by atoms with E-state index in [-0.39, 0.29) is 5.75 Å². The van der Waals surface area contributed by atoms with Gasteiger partial charge in [-0.25, -0.2) is 4.39 Å². The van der Waals surface area contributed by atoms with Gasteiger partial charge in [-0.2, -0.15) is 0 Å². The van der Waals surface area contributed by atoms with E-state index >= 15 is 0 Å². The van der Waals surface area contributed by atoms with Gasteiger partial charge in [0.15, 0.2) is 11.6 Å². The molecule has 2 N–H and O–H groups in total. The fourth-order valence-electron chi connectivity index (χ4n) is 2.34. The molecule has 118 valence electrons. The maximum atomic E-state index is 13.5. The number of hydrogen-bond donors (Lipinski definition) is 2. The van der Waals surface area contributed by atoms with Crippen LogP contribution in [0.3, 0.4) is 0 Å². The van der Waals surface area contributed by atoms with Crippen molar-refractivity contribution in [1.29, 1.82) is 0 Å². The van der Waals surface area contributed by atoms with Crippen molar-refractivity contribution in [1.82, 2.24) is 5.32 Å². The summed E-state index contributed by atoms with van der Waals surface area (Å²) in [6, 6.07) is 4.70. The molecular weight excluding hydrogens is 273 g/mol. The van der Waals surface area contributed by atoms with E-state index in [1.165, 1.54) is 6.07 Å². The number of ether oxygens (including phenoxy) is 1. The lowest BCUT2D eigenvalue weighted by molar-refractivity contribution is -0.145.